The lowest BCUT2D eigenvalue weighted by Crippen LogP contribution is -2.53. The number of methoxy groups -OCH3 is 2. The molecule has 0 heterocycles. The van der Waals surface area contributed by atoms with Crippen LogP contribution in [0.15, 0.2) is 65.9 Å². The van der Waals surface area contributed by atoms with E-state index < -0.39 is 29.1 Å². The third-order valence-electron chi connectivity index (χ3n) is 5.26. The Bertz CT molecular complexity index is 1000. The highest BCUT2D eigenvalue weighted by molar-refractivity contribution is 5.55. The standard InChI is InChI=1S/C23H25F3N2O3/c1-4-14-10-16(19(30-3)12-18(14)29-2)22(28)13-20(31-15-8-6-5-7-9-15)17(11-21(22)27)23(24,25)26/h5-13,21H,4,27-28H2,1-3H3. The van der Waals surface area contributed by atoms with E-state index in [1.165, 1.54) is 20.3 Å². The molecule has 31 heavy (non-hydrogen) atoms. The molecule has 2 unspecified atom stereocenters. The number of ether oxygens (including phenoxy) is 3. The van der Waals surface area contributed by atoms with Gasteiger partial charge in [-0.15, -0.1) is 0 Å². The smallest absolute Gasteiger partial charge is 0.419 e. The Hall–Kier alpha value is -2.97. The van der Waals surface area contributed by atoms with Gasteiger partial charge >= 0.3 is 6.18 Å². The Morgan fingerprint density at radius 2 is 1.68 bits per heavy atom. The van der Waals surface area contributed by atoms with Crippen molar-refractivity contribution >= 4 is 0 Å². The van der Waals surface area contributed by atoms with Crippen LogP contribution in [0.25, 0.3) is 0 Å². The molecule has 0 saturated heterocycles. The number of hydrogen-bond acceptors (Lipinski definition) is 5. The summed E-state index contributed by atoms with van der Waals surface area (Å²) in [5, 5.41) is 0. The molecule has 2 aromatic carbocycles. The second-order valence-electron chi connectivity index (χ2n) is 7.18. The van der Waals surface area contributed by atoms with Gasteiger partial charge < -0.3 is 25.7 Å². The molecule has 0 saturated carbocycles. The van der Waals surface area contributed by atoms with Gasteiger partial charge in [0.2, 0.25) is 0 Å². The van der Waals surface area contributed by atoms with E-state index in [0.717, 1.165) is 11.6 Å². The average Bonchev–Trinajstić information content (AvgIpc) is 2.75. The lowest BCUT2D eigenvalue weighted by molar-refractivity contribution is -0.0929. The van der Waals surface area contributed by atoms with E-state index in [0.29, 0.717) is 23.5 Å². The predicted octanol–water partition coefficient (Wildman–Crippen LogP) is 4.21. The summed E-state index contributed by atoms with van der Waals surface area (Å²) in [4.78, 5) is 0. The fraction of sp³-hybridized carbons (Fsp3) is 0.304. The third kappa shape index (κ3) is 4.40. The summed E-state index contributed by atoms with van der Waals surface area (Å²) in [5.41, 5.74) is 11.6. The van der Waals surface area contributed by atoms with E-state index in [2.05, 4.69) is 0 Å². The van der Waals surface area contributed by atoms with E-state index in [1.807, 2.05) is 6.92 Å². The van der Waals surface area contributed by atoms with Crippen LogP contribution in [0.2, 0.25) is 0 Å². The van der Waals surface area contributed by atoms with Crippen molar-refractivity contribution in [2.24, 2.45) is 11.5 Å². The fourth-order valence-electron chi connectivity index (χ4n) is 3.56. The molecule has 8 heteroatoms. The highest BCUT2D eigenvalue weighted by Crippen LogP contribution is 2.43. The number of allylic oxidation sites excluding steroid dienone is 1. The van der Waals surface area contributed by atoms with Crippen molar-refractivity contribution in [3.8, 4) is 17.2 Å². The predicted molar refractivity (Wildman–Crippen MR) is 112 cm³/mol. The van der Waals surface area contributed by atoms with Gasteiger partial charge in [0.1, 0.15) is 23.0 Å². The minimum atomic E-state index is -4.67. The zero-order valence-corrected chi connectivity index (χ0v) is 17.5. The summed E-state index contributed by atoms with van der Waals surface area (Å²) >= 11 is 0. The Labute approximate surface area is 179 Å². The normalized spacial score (nSPS) is 21.2. The fourth-order valence-corrected chi connectivity index (χ4v) is 3.56. The molecule has 0 amide bonds. The maximum atomic E-state index is 13.8. The first-order valence-electron chi connectivity index (χ1n) is 9.69. The van der Waals surface area contributed by atoms with Crippen molar-refractivity contribution in [3.05, 3.63) is 77.1 Å². The molecule has 4 N–H and O–H groups in total. The molecular formula is C23H25F3N2O3. The van der Waals surface area contributed by atoms with Crippen LogP contribution >= 0.6 is 0 Å². The number of aryl methyl sites for hydroxylation is 1. The average molecular weight is 434 g/mol. The van der Waals surface area contributed by atoms with Gasteiger partial charge in [0, 0.05) is 17.7 Å². The van der Waals surface area contributed by atoms with Crippen LogP contribution in [-0.4, -0.2) is 26.4 Å². The molecule has 1 aliphatic rings. The van der Waals surface area contributed by atoms with Gasteiger partial charge in [-0.1, -0.05) is 25.1 Å². The molecule has 0 fully saturated rings. The molecular weight excluding hydrogens is 409 g/mol. The minimum Gasteiger partial charge on any atom is -0.496 e. The van der Waals surface area contributed by atoms with Gasteiger partial charge in [-0.05, 0) is 42.3 Å². The van der Waals surface area contributed by atoms with Gasteiger partial charge in [0.25, 0.3) is 0 Å². The monoisotopic (exact) mass is 434 g/mol. The number of nitrogens with two attached hydrogens (primary N) is 2. The zero-order chi connectivity index (χ0) is 22.8. The molecule has 1 aliphatic carbocycles. The van der Waals surface area contributed by atoms with Crippen molar-refractivity contribution in [1.82, 2.24) is 0 Å². The SMILES string of the molecule is CCc1cc(C2(N)C=C(Oc3ccccc3)C(C(F)(F)F)=CC2N)c(OC)cc1OC. The largest absolute Gasteiger partial charge is 0.496 e. The summed E-state index contributed by atoms with van der Waals surface area (Å²) in [5.74, 6) is 0.773. The van der Waals surface area contributed by atoms with Gasteiger partial charge in [-0.2, -0.15) is 13.2 Å². The van der Waals surface area contributed by atoms with Gasteiger partial charge in [-0.3, -0.25) is 0 Å². The van der Waals surface area contributed by atoms with Crippen LogP contribution in [-0.2, 0) is 12.0 Å². The van der Waals surface area contributed by atoms with E-state index in [4.69, 9.17) is 25.7 Å². The first-order chi connectivity index (χ1) is 14.6. The van der Waals surface area contributed by atoms with Crippen molar-refractivity contribution in [1.29, 1.82) is 0 Å². The quantitative estimate of drug-likeness (QED) is 0.712. The van der Waals surface area contributed by atoms with E-state index >= 15 is 0 Å². The van der Waals surface area contributed by atoms with Crippen LogP contribution in [0.1, 0.15) is 18.1 Å². The van der Waals surface area contributed by atoms with Crippen molar-refractivity contribution < 1.29 is 27.4 Å². The maximum absolute atomic E-state index is 13.8. The number of halogens is 3. The number of rotatable bonds is 6. The van der Waals surface area contributed by atoms with Crippen molar-refractivity contribution in [2.45, 2.75) is 31.1 Å². The number of alkyl halides is 3. The molecule has 2 aromatic rings. The number of hydrogen-bond donors (Lipinski definition) is 2. The Kier molecular flexibility index (Phi) is 6.33. The summed E-state index contributed by atoms with van der Waals surface area (Å²) in [7, 11) is 2.98. The molecule has 0 radical (unpaired) electrons. The number of benzene rings is 2. The van der Waals surface area contributed by atoms with Crippen LogP contribution < -0.4 is 25.7 Å². The Morgan fingerprint density at radius 3 is 2.23 bits per heavy atom. The zero-order valence-electron chi connectivity index (χ0n) is 17.5. The molecule has 3 rings (SSSR count). The second-order valence-corrected chi connectivity index (χ2v) is 7.18. The van der Waals surface area contributed by atoms with Gasteiger partial charge in [0.15, 0.2) is 0 Å². The topological polar surface area (TPSA) is 79.7 Å². The molecule has 0 aromatic heterocycles. The van der Waals surface area contributed by atoms with E-state index in [-0.39, 0.29) is 5.75 Å². The van der Waals surface area contributed by atoms with Crippen molar-refractivity contribution in [2.75, 3.05) is 14.2 Å². The highest BCUT2D eigenvalue weighted by atomic mass is 19.4. The lowest BCUT2D eigenvalue weighted by Gasteiger charge is -2.37. The molecule has 0 spiro atoms. The molecule has 2 atom stereocenters. The Morgan fingerprint density at radius 1 is 1.03 bits per heavy atom. The van der Waals surface area contributed by atoms with Crippen molar-refractivity contribution in [3.63, 3.8) is 0 Å². The van der Waals surface area contributed by atoms with E-state index in [1.54, 1.807) is 42.5 Å². The van der Waals surface area contributed by atoms with Crippen LogP contribution in [0.4, 0.5) is 13.2 Å². The second kappa shape index (κ2) is 8.64. The summed E-state index contributed by atoms with van der Waals surface area (Å²) < 4.78 is 57.7. The third-order valence-corrected chi connectivity index (χ3v) is 5.26. The Balaban J connectivity index is 2.18. The molecule has 166 valence electrons. The summed E-state index contributed by atoms with van der Waals surface area (Å²) in [6.45, 7) is 1.93. The van der Waals surface area contributed by atoms with Crippen LogP contribution in [0, 0.1) is 0 Å². The van der Waals surface area contributed by atoms with Crippen LogP contribution in [0.3, 0.4) is 0 Å². The van der Waals surface area contributed by atoms with Gasteiger partial charge in [0.05, 0.1) is 25.3 Å². The van der Waals surface area contributed by atoms with E-state index in [9.17, 15) is 13.2 Å². The van der Waals surface area contributed by atoms with Crippen LogP contribution in [0.5, 0.6) is 17.2 Å². The minimum absolute atomic E-state index is 0.248. The summed E-state index contributed by atoms with van der Waals surface area (Å²) in [6, 6.07) is 10.4. The molecule has 0 aliphatic heterocycles. The first kappa shape index (κ1) is 22.7. The molecule has 5 nitrogen and oxygen atoms in total. The molecule has 0 bridgehead atoms. The number of para-hydroxylation sites is 1. The lowest BCUT2D eigenvalue weighted by atomic mass is 9.77. The summed E-state index contributed by atoms with van der Waals surface area (Å²) in [6.07, 6.45) is -1.94. The maximum Gasteiger partial charge on any atom is 0.419 e. The van der Waals surface area contributed by atoms with Gasteiger partial charge in [-0.25, -0.2) is 0 Å². The first-order valence-corrected chi connectivity index (χ1v) is 9.69. The highest BCUT2D eigenvalue weighted by Gasteiger charge is 2.46.